The van der Waals surface area contributed by atoms with Gasteiger partial charge in [0.2, 0.25) is 0 Å². The van der Waals surface area contributed by atoms with Crippen LogP contribution in [0.2, 0.25) is 0 Å². The lowest BCUT2D eigenvalue weighted by molar-refractivity contribution is 0.769. The van der Waals surface area contributed by atoms with E-state index >= 15 is 0 Å². The number of hydrogen-bond donors (Lipinski definition) is 0. The van der Waals surface area contributed by atoms with Gasteiger partial charge in [0.1, 0.15) is 11.2 Å². The van der Waals surface area contributed by atoms with Gasteiger partial charge in [-0.2, -0.15) is 5.10 Å². The summed E-state index contributed by atoms with van der Waals surface area (Å²) < 4.78 is 3.85. The van der Waals surface area contributed by atoms with Crippen molar-refractivity contribution in [3.63, 3.8) is 0 Å². The molecule has 0 saturated heterocycles. The highest BCUT2D eigenvalue weighted by Gasteiger charge is 2.09. The van der Waals surface area contributed by atoms with Gasteiger partial charge >= 0.3 is 0 Å². The summed E-state index contributed by atoms with van der Waals surface area (Å²) in [5, 5.41) is 5.57. The molecule has 0 radical (unpaired) electrons. The molecule has 1 aromatic carbocycles. The van der Waals surface area contributed by atoms with Crippen molar-refractivity contribution in [3.05, 3.63) is 72.8 Å². The minimum atomic E-state index is 0.708. The fourth-order valence-electron chi connectivity index (χ4n) is 3.17. The molecule has 6 nitrogen and oxygen atoms in total. The Morgan fingerprint density at radius 2 is 1.85 bits per heavy atom. The Labute approximate surface area is 149 Å². The summed E-state index contributed by atoms with van der Waals surface area (Å²) in [6.07, 6.45) is 5.57. The summed E-state index contributed by atoms with van der Waals surface area (Å²) in [5.41, 5.74) is 5.64. The number of benzene rings is 1. The van der Waals surface area contributed by atoms with E-state index in [2.05, 4.69) is 43.9 Å². The Kier molecular flexibility index (Phi) is 3.28. The molecule has 0 bridgehead atoms. The van der Waals surface area contributed by atoms with Gasteiger partial charge in [0, 0.05) is 24.8 Å². The summed E-state index contributed by atoms with van der Waals surface area (Å²) in [7, 11) is 1.90. The molecule has 0 amide bonds. The monoisotopic (exact) mass is 340 g/mol. The third kappa shape index (κ3) is 2.52. The van der Waals surface area contributed by atoms with Gasteiger partial charge in [-0.05, 0) is 42.0 Å². The van der Waals surface area contributed by atoms with Crippen molar-refractivity contribution < 1.29 is 0 Å². The number of hydrogen-bond acceptors (Lipinski definition) is 4. The number of fused-ring (bicyclic) bond motifs is 2. The number of imidazole rings is 1. The highest BCUT2D eigenvalue weighted by molar-refractivity contribution is 5.79. The molecule has 26 heavy (non-hydrogen) atoms. The number of nitrogens with zero attached hydrogens (tertiary/aromatic N) is 6. The first-order valence-corrected chi connectivity index (χ1v) is 8.42. The molecule has 126 valence electrons. The second kappa shape index (κ2) is 5.77. The smallest absolute Gasteiger partial charge is 0.160 e. The fourth-order valence-corrected chi connectivity index (χ4v) is 3.17. The highest BCUT2D eigenvalue weighted by Crippen LogP contribution is 2.20. The van der Waals surface area contributed by atoms with Crippen LogP contribution in [-0.4, -0.2) is 29.3 Å². The van der Waals surface area contributed by atoms with Crippen molar-refractivity contribution in [2.45, 2.75) is 6.54 Å². The van der Waals surface area contributed by atoms with Gasteiger partial charge in [-0.25, -0.2) is 9.97 Å². The molecule has 0 aliphatic carbocycles. The topological polar surface area (TPSA) is 61.4 Å². The minimum absolute atomic E-state index is 0.708. The normalized spacial score (nSPS) is 11.4. The summed E-state index contributed by atoms with van der Waals surface area (Å²) in [5.74, 6) is 0. The number of pyridine rings is 2. The number of aromatic nitrogens is 6. The molecule has 0 aliphatic rings. The third-order valence-electron chi connectivity index (χ3n) is 4.46. The average Bonchev–Trinajstić information content (AvgIpc) is 3.28. The SMILES string of the molecule is Cn1ccc(-c2ccc3ncn(Cc4ccc5ncccc5c4)c3n2)n1. The summed E-state index contributed by atoms with van der Waals surface area (Å²) in [6.45, 7) is 0.708. The summed E-state index contributed by atoms with van der Waals surface area (Å²) >= 11 is 0. The molecule has 0 aliphatic heterocycles. The molecular weight excluding hydrogens is 324 g/mol. The quantitative estimate of drug-likeness (QED) is 0.505. The maximum Gasteiger partial charge on any atom is 0.160 e. The Balaban J connectivity index is 1.55. The van der Waals surface area contributed by atoms with Crippen molar-refractivity contribution in [2.24, 2.45) is 7.05 Å². The van der Waals surface area contributed by atoms with Crippen LogP contribution in [0.4, 0.5) is 0 Å². The van der Waals surface area contributed by atoms with Gasteiger partial charge in [0.05, 0.1) is 24.1 Å². The van der Waals surface area contributed by atoms with E-state index in [0.717, 1.165) is 33.5 Å². The standard InChI is InChI=1S/C20H16N6/c1-25-10-8-18(24-25)17-6-7-19-20(23-17)26(13-22-19)12-14-4-5-16-15(11-14)3-2-9-21-16/h2-11,13H,12H2,1H3. The van der Waals surface area contributed by atoms with E-state index in [1.54, 1.807) is 4.68 Å². The number of aryl methyl sites for hydroxylation is 1. The molecule has 4 heterocycles. The van der Waals surface area contributed by atoms with Gasteiger partial charge in [-0.3, -0.25) is 9.67 Å². The molecule has 5 aromatic rings. The van der Waals surface area contributed by atoms with Gasteiger partial charge in [0.25, 0.3) is 0 Å². The maximum atomic E-state index is 4.79. The van der Waals surface area contributed by atoms with Crippen LogP contribution in [0.3, 0.4) is 0 Å². The van der Waals surface area contributed by atoms with E-state index in [0.29, 0.717) is 6.54 Å². The van der Waals surface area contributed by atoms with Crippen LogP contribution in [0.1, 0.15) is 5.56 Å². The molecule has 4 aromatic heterocycles. The van der Waals surface area contributed by atoms with Crippen molar-refractivity contribution in [2.75, 3.05) is 0 Å². The van der Waals surface area contributed by atoms with E-state index < -0.39 is 0 Å². The molecule has 0 spiro atoms. The van der Waals surface area contributed by atoms with Gasteiger partial charge in [-0.1, -0.05) is 12.1 Å². The predicted octanol–water partition coefficient (Wildman–Crippen LogP) is 3.43. The minimum Gasteiger partial charge on any atom is -0.311 e. The largest absolute Gasteiger partial charge is 0.311 e. The second-order valence-corrected chi connectivity index (χ2v) is 6.32. The van der Waals surface area contributed by atoms with E-state index in [1.165, 1.54) is 5.56 Å². The van der Waals surface area contributed by atoms with Crippen LogP contribution < -0.4 is 0 Å². The van der Waals surface area contributed by atoms with E-state index in [-0.39, 0.29) is 0 Å². The molecular formula is C20H16N6. The predicted molar refractivity (Wildman–Crippen MR) is 101 cm³/mol. The zero-order valence-corrected chi connectivity index (χ0v) is 14.2. The van der Waals surface area contributed by atoms with Gasteiger partial charge < -0.3 is 4.57 Å². The molecule has 0 saturated carbocycles. The lowest BCUT2D eigenvalue weighted by Crippen LogP contribution is -2.00. The van der Waals surface area contributed by atoms with Crippen LogP contribution in [0.5, 0.6) is 0 Å². The zero-order chi connectivity index (χ0) is 17.5. The van der Waals surface area contributed by atoms with Crippen molar-refractivity contribution >= 4 is 22.1 Å². The third-order valence-corrected chi connectivity index (χ3v) is 4.46. The van der Waals surface area contributed by atoms with E-state index in [1.807, 2.05) is 50.0 Å². The van der Waals surface area contributed by atoms with Crippen molar-refractivity contribution in [1.29, 1.82) is 0 Å². The first-order valence-electron chi connectivity index (χ1n) is 8.42. The molecule has 5 rings (SSSR count). The first kappa shape index (κ1) is 14.8. The second-order valence-electron chi connectivity index (χ2n) is 6.32. The Morgan fingerprint density at radius 1 is 0.923 bits per heavy atom. The highest BCUT2D eigenvalue weighted by atomic mass is 15.3. The summed E-state index contributed by atoms with van der Waals surface area (Å²) in [4.78, 5) is 13.6. The average molecular weight is 340 g/mol. The van der Waals surface area contributed by atoms with Crippen molar-refractivity contribution in [3.8, 4) is 11.4 Å². The van der Waals surface area contributed by atoms with Crippen LogP contribution in [0.25, 0.3) is 33.5 Å². The molecule has 0 unspecified atom stereocenters. The first-order chi connectivity index (χ1) is 12.8. The molecule has 6 heteroatoms. The molecule has 0 fully saturated rings. The van der Waals surface area contributed by atoms with E-state index in [4.69, 9.17) is 4.98 Å². The number of rotatable bonds is 3. The van der Waals surface area contributed by atoms with Crippen LogP contribution in [0.15, 0.2) is 67.3 Å². The lowest BCUT2D eigenvalue weighted by Gasteiger charge is -2.06. The Morgan fingerprint density at radius 3 is 2.73 bits per heavy atom. The molecule has 0 atom stereocenters. The van der Waals surface area contributed by atoms with E-state index in [9.17, 15) is 0 Å². The van der Waals surface area contributed by atoms with Crippen LogP contribution in [-0.2, 0) is 13.6 Å². The summed E-state index contributed by atoms with van der Waals surface area (Å²) in [6, 6.07) is 16.3. The van der Waals surface area contributed by atoms with Crippen molar-refractivity contribution in [1.82, 2.24) is 29.3 Å². The van der Waals surface area contributed by atoms with Gasteiger partial charge in [-0.15, -0.1) is 0 Å². The van der Waals surface area contributed by atoms with Gasteiger partial charge in [0.15, 0.2) is 5.65 Å². The maximum absolute atomic E-state index is 4.79. The van der Waals surface area contributed by atoms with Crippen LogP contribution in [0, 0.1) is 0 Å². The lowest BCUT2D eigenvalue weighted by atomic mass is 10.1. The van der Waals surface area contributed by atoms with Crippen LogP contribution >= 0.6 is 0 Å². The Hall–Kier alpha value is -3.54. The Bertz CT molecular complexity index is 1230. The fraction of sp³-hybridized carbons (Fsp3) is 0.100. The molecule has 0 N–H and O–H groups in total. The zero-order valence-electron chi connectivity index (χ0n) is 14.2.